The first-order valence-corrected chi connectivity index (χ1v) is 5.46. The van der Waals surface area contributed by atoms with E-state index in [1.807, 2.05) is 19.1 Å². The minimum absolute atomic E-state index is 0.230. The number of aromatic nitrogens is 1. The SMILES string of the molecule is CCOC1CCCc2nc(Cl)ccc21. The van der Waals surface area contributed by atoms with E-state index in [1.165, 1.54) is 5.56 Å². The van der Waals surface area contributed by atoms with Gasteiger partial charge in [0.05, 0.1) is 6.10 Å². The summed E-state index contributed by atoms with van der Waals surface area (Å²) >= 11 is 5.85. The summed E-state index contributed by atoms with van der Waals surface area (Å²) in [6, 6.07) is 3.89. The van der Waals surface area contributed by atoms with Crippen molar-refractivity contribution in [1.29, 1.82) is 0 Å². The van der Waals surface area contributed by atoms with E-state index in [4.69, 9.17) is 16.3 Å². The van der Waals surface area contributed by atoms with Gasteiger partial charge in [0.25, 0.3) is 0 Å². The molecule has 1 aliphatic carbocycles. The van der Waals surface area contributed by atoms with Crippen LogP contribution in [0, 0.1) is 0 Å². The van der Waals surface area contributed by atoms with Crippen molar-refractivity contribution >= 4 is 11.6 Å². The first-order chi connectivity index (χ1) is 6.81. The van der Waals surface area contributed by atoms with Gasteiger partial charge in [0.1, 0.15) is 5.15 Å². The van der Waals surface area contributed by atoms with Crippen LogP contribution < -0.4 is 0 Å². The van der Waals surface area contributed by atoms with Gasteiger partial charge in [-0.05, 0) is 32.3 Å². The van der Waals surface area contributed by atoms with Crippen LogP contribution in [0.5, 0.6) is 0 Å². The minimum Gasteiger partial charge on any atom is -0.374 e. The van der Waals surface area contributed by atoms with E-state index < -0.39 is 0 Å². The maximum atomic E-state index is 5.85. The molecule has 2 nitrogen and oxygen atoms in total. The predicted octanol–water partition coefficient (Wildman–Crippen LogP) is 3.15. The van der Waals surface area contributed by atoms with E-state index in [-0.39, 0.29) is 6.10 Å². The molecule has 0 aliphatic heterocycles. The summed E-state index contributed by atoms with van der Waals surface area (Å²) in [7, 11) is 0. The van der Waals surface area contributed by atoms with Crippen molar-refractivity contribution in [3.05, 3.63) is 28.5 Å². The van der Waals surface area contributed by atoms with Crippen molar-refractivity contribution < 1.29 is 4.74 Å². The Morgan fingerprint density at radius 3 is 3.21 bits per heavy atom. The van der Waals surface area contributed by atoms with E-state index in [0.29, 0.717) is 5.15 Å². The molecule has 14 heavy (non-hydrogen) atoms. The third kappa shape index (κ3) is 1.91. The molecule has 0 fully saturated rings. The van der Waals surface area contributed by atoms with Gasteiger partial charge in [0.2, 0.25) is 0 Å². The largest absolute Gasteiger partial charge is 0.374 e. The van der Waals surface area contributed by atoms with Crippen LogP contribution in [-0.4, -0.2) is 11.6 Å². The van der Waals surface area contributed by atoms with Crippen molar-refractivity contribution in [2.75, 3.05) is 6.61 Å². The Hall–Kier alpha value is -0.600. The number of fused-ring (bicyclic) bond motifs is 1. The Morgan fingerprint density at radius 2 is 2.43 bits per heavy atom. The van der Waals surface area contributed by atoms with Gasteiger partial charge in [-0.3, -0.25) is 0 Å². The van der Waals surface area contributed by atoms with E-state index in [0.717, 1.165) is 31.6 Å². The molecule has 0 N–H and O–H groups in total. The summed E-state index contributed by atoms with van der Waals surface area (Å²) in [6.45, 7) is 2.78. The van der Waals surface area contributed by atoms with E-state index >= 15 is 0 Å². The highest BCUT2D eigenvalue weighted by atomic mass is 35.5. The molecule has 1 aliphatic rings. The van der Waals surface area contributed by atoms with Crippen molar-refractivity contribution in [3.63, 3.8) is 0 Å². The Morgan fingerprint density at radius 1 is 1.57 bits per heavy atom. The molecule has 0 spiro atoms. The zero-order chi connectivity index (χ0) is 9.97. The number of aryl methyl sites for hydroxylation is 1. The Kier molecular flexibility index (Phi) is 3.04. The number of pyridine rings is 1. The van der Waals surface area contributed by atoms with Crippen LogP contribution in [0.25, 0.3) is 0 Å². The molecule has 1 aromatic rings. The minimum atomic E-state index is 0.230. The van der Waals surface area contributed by atoms with Crippen LogP contribution in [0.3, 0.4) is 0 Å². The van der Waals surface area contributed by atoms with Crippen molar-refractivity contribution in [1.82, 2.24) is 4.98 Å². The molecule has 1 unspecified atom stereocenters. The molecule has 2 rings (SSSR count). The summed E-state index contributed by atoms with van der Waals surface area (Å²) in [5.41, 5.74) is 2.34. The summed E-state index contributed by atoms with van der Waals surface area (Å²) in [4.78, 5) is 4.33. The fourth-order valence-electron chi connectivity index (χ4n) is 1.96. The van der Waals surface area contributed by atoms with Gasteiger partial charge in [-0.1, -0.05) is 17.7 Å². The average molecular weight is 212 g/mol. The van der Waals surface area contributed by atoms with Gasteiger partial charge in [-0.15, -0.1) is 0 Å². The lowest BCUT2D eigenvalue weighted by Gasteiger charge is -2.24. The topological polar surface area (TPSA) is 22.1 Å². The zero-order valence-corrected chi connectivity index (χ0v) is 9.05. The Labute approximate surface area is 89.3 Å². The van der Waals surface area contributed by atoms with E-state index in [1.54, 1.807) is 0 Å². The molecule has 0 amide bonds. The standard InChI is InChI=1S/C11H14ClNO/c1-2-14-10-5-3-4-9-8(10)6-7-11(12)13-9/h6-7,10H,2-5H2,1H3. The molecule has 0 aromatic carbocycles. The van der Waals surface area contributed by atoms with Crippen molar-refractivity contribution in [2.24, 2.45) is 0 Å². The molecule has 0 saturated carbocycles. The van der Waals surface area contributed by atoms with Crippen LogP contribution in [-0.2, 0) is 11.2 Å². The molecule has 76 valence electrons. The maximum Gasteiger partial charge on any atom is 0.129 e. The molecular weight excluding hydrogens is 198 g/mol. The molecule has 1 heterocycles. The average Bonchev–Trinajstić information content (AvgIpc) is 2.18. The Balaban J connectivity index is 2.30. The fraction of sp³-hybridized carbons (Fsp3) is 0.545. The molecule has 0 radical (unpaired) electrons. The quantitative estimate of drug-likeness (QED) is 0.702. The number of rotatable bonds is 2. The highest BCUT2D eigenvalue weighted by molar-refractivity contribution is 6.29. The smallest absolute Gasteiger partial charge is 0.129 e. The van der Waals surface area contributed by atoms with Crippen LogP contribution in [0.15, 0.2) is 12.1 Å². The van der Waals surface area contributed by atoms with Gasteiger partial charge in [0.15, 0.2) is 0 Å². The van der Waals surface area contributed by atoms with Crippen LogP contribution in [0.2, 0.25) is 5.15 Å². The molecule has 3 heteroatoms. The van der Waals surface area contributed by atoms with Gasteiger partial charge >= 0.3 is 0 Å². The van der Waals surface area contributed by atoms with Crippen LogP contribution >= 0.6 is 11.6 Å². The fourth-order valence-corrected chi connectivity index (χ4v) is 2.13. The molecule has 0 bridgehead atoms. The van der Waals surface area contributed by atoms with E-state index in [2.05, 4.69) is 4.98 Å². The molecule has 1 aromatic heterocycles. The van der Waals surface area contributed by atoms with Crippen molar-refractivity contribution in [2.45, 2.75) is 32.3 Å². The van der Waals surface area contributed by atoms with Gasteiger partial charge in [0, 0.05) is 17.9 Å². The number of ether oxygens (including phenoxy) is 1. The Bertz CT molecular complexity index is 327. The van der Waals surface area contributed by atoms with Crippen molar-refractivity contribution in [3.8, 4) is 0 Å². The number of hydrogen-bond donors (Lipinski definition) is 0. The number of nitrogens with zero attached hydrogens (tertiary/aromatic N) is 1. The molecule has 0 saturated heterocycles. The molecular formula is C11H14ClNO. The third-order valence-electron chi connectivity index (χ3n) is 2.57. The second-order valence-corrected chi connectivity index (χ2v) is 3.89. The number of hydrogen-bond acceptors (Lipinski definition) is 2. The normalized spacial score (nSPS) is 20.6. The highest BCUT2D eigenvalue weighted by Gasteiger charge is 2.21. The lowest BCUT2D eigenvalue weighted by atomic mass is 9.93. The summed E-state index contributed by atoms with van der Waals surface area (Å²) in [6.07, 6.45) is 3.50. The predicted molar refractivity (Wildman–Crippen MR) is 56.6 cm³/mol. The van der Waals surface area contributed by atoms with Crippen LogP contribution in [0.4, 0.5) is 0 Å². The number of halogens is 1. The van der Waals surface area contributed by atoms with Crippen LogP contribution in [0.1, 0.15) is 37.1 Å². The summed E-state index contributed by atoms with van der Waals surface area (Å²) in [5.74, 6) is 0. The lowest BCUT2D eigenvalue weighted by molar-refractivity contribution is 0.0494. The molecule has 1 atom stereocenters. The first-order valence-electron chi connectivity index (χ1n) is 5.08. The second-order valence-electron chi connectivity index (χ2n) is 3.51. The highest BCUT2D eigenvalue weighted by Crippen LogP contribution is 2.31. The summed E-state index contributed by atoms with van der Waals surface area (Å²) < 4.78 is 5.67. The zero-order valence-electron chi connectivity index (χ0n) is 8.29. The lowest BCUT2D eigenvalue weighted by Crippen LogP contribution is -2.14. The van der Waals surface area contributed by atoms with Gasteiger partial charge in [-0.25, -0.2) is 4.98 Å². The van der Waals surface area contributed by atoms with Gasteiger partial charge in [-0.2, -0.15) is 0 Å². The second kappa shape index (κ2) is 4.28. The first kappa shape index (κ1) is 9.94. The monoisotopic (exact) mass is 211 g/mol. The maximum absolute atomic E-state index is 5.85. The summed E-state index contributed by atoms with van der Waals surface area (Å²) in [5, 5.41) is 0.584. The van der Waals surface area contributed by atoms with Gasteiger partial charge < -0.3 is 4.74 Å². The van der Waals surface area contributed by atoms with E-state index in [9.17, 15) is 0 Å². The third-order valence-corrected chi connectivity index (χ3v) is 2.78.